The molecule has 1 aliphatic rings. The van der Waals surface area contributed by atoms with Crippen molar-refractivity contribution in [1.29, 1.82) is 0 Å². The van der Waals surface area contributed by atoms with Gasteiger partial charge in [-0.05, 0) is 60.4 Å². The number of aromatic nitrogens is 1. The van der Waals surface area contributed by atoms with Gasteiger partial charge >= 0.3 is 6.03 Å². The number of hydrogen-bond acceptors (Lipinski definition) is 1. The fourth-order valence-electron chi connectivity index (χ4n) is 3.68. The molecule has 0 saturated heterocycles. The molecule has 0 atom stereocenters. The number of rotatable bonds is 4. The molecular formula is C23H23ClN3O+. The highest BCUT2D eigenvalue weighted by atomic mass is 35.5. The standard InChI is InChI=1S/C23H22ClN3O/c24-19-8-10-20(11-9-19)25-23(28)26-21-5-3-4-18(16-21)17-12-14-27(15-13-17)22-6-1-2-7-22/h3-5,8-16,22H,1-2,6-7H2,(H-,25,26,28)/p+1. The van der Waals surface area contributed by atoms with Gasteiger partial charge in [-0.25, -0.2) is 9.36 Å². The van der Waals surface area contributed by atoms with E-state index >= 15 is 0 Å². The minimum Gasteiger partial charge on any atom is -0.308 e. The lowest BCUT2D eigenvalue weighted by Crippen LogP contribution is -2.36. The molecule has 2 amide bonds. The molecular weight excluding hydrogens is 370 g/mol. The number of pyridine rings is 1. The van der Waals surface area contributed by atoms with Gasteiger partial charge in [-0.15, -0.1) is 0 Å². The Kier molecular flexibility index (Phi) is 5.58. The zero-order valence-electron chi connectivity index (χ0n) is 15.6. The van der Waals surface area contributed by atoms with Gasteiger partial charge in [-0.3, -0.25) is 0 Å². The van der Waals surface area contributed by atoms with Crippen molar-refractivity contribution in [3.63, 3.8) is 0 Å². The zero-order valence-corrected chi connectivity index (χ0v) is 16.3. The highest BCUT2D eigenvalue weighted by Crippen LogP contribution is 2.26. The van der Waals surface area contributed by atoms with Crippen LogP contribution in [0.3, 0.4) is 0 Å². The summed E-state index contributed by atoms with van der Waals surface area (Å²) in [7, 11) is 0. The number of carbonyl (C=O) groups is 1. The summed E-state index contributed by atoms with van der Waals surface area (Å²) in [5.74, 6) is 0. The Balaban J connectivity index is 1.43. The van der Waals surface area contributed by atoms with Gasteiger partial charge in [-0.1, -0.05) is 23.7 Å². The second-order valence-electron chi connectivity index (χ2n) is 7.14. The van der Waals surface area contributed by atoms with Crippen LogP contribution in [0, 0.1) is 0 Å². The molecule has 1 aliphatic carbocycles. The van der Waals surface area contributed by atoms with Gasteiger partial charge in [-0.2, -0.15) is 0 Å². The molecule has 0 aliphatic heterocycles. The number of urea groups is 1. The largest absolute Gasteiger partial charge is 0.323 e. The van der Waals surface area contributed by atoms with Gasteiger partial charge in [0, 0.05) is 41.4 Å². The molecule has 1 aromatic heterocycles. The van der Waals surface area contributed by atoms with E-state index < -0.39 is 0 Å². The molecule has 0 bridgehead atoms. The maximum absolute atomic E-state index is 12.2. The smallest absolute Gasteiger partial charge is 0.308 e. The van der Waals surface area contributed by atoms with E-state index in [-0.39, 0.29) is 6.03 Å². The molecule has 0 spiro atoms. The molecule has 3 aromatic rings. The van der Waals surface area contributed by atoms with Crippen LogP contribution in [0.5, 0.6) is 0 Å². The van der Waals surface area contributed by atoms with Crippen molar-refractivity contribution in [3.8, 4) is 11.1 Å². The van der Waals surface area contributed by atoms with Crippen LogP contribution in [0.1, 0.15) is 31.7 Å². The van der Waals surface area contributed by atoms with Crippen LogP contribution in [-0.2, 0) is 0 Å². The van der Waals surface area contributed by atoms with Crippen LogP contribution in [0.25, 0.3) is 11.1 Å². The monoisotopic (exact) mass is 392 g/mol. The minimum absolute atomic E-state index is 0.286. The Bertz CT molecular complexity index is 948. The van der Waals surface area contributed by atoms with Crippen molar-refractivity contribution in [2.24, 2.45) is 0 Å². The number of halogens is 1. The second kappa shape index (κ2) is 8.44. The van der Waals surface area contributed by atoms with E-state index in [0.29, 0.717) is 16.8 Å². The predicted molar refractivity (Wildman–Crippen MR) is 114 cm³/mol. The Morgan fingerprint density at radius 3 is 2.25 bits per heavy atom. The van der Waals surface area contributed by atoms with Gasteiger partial charge in [0.2, 0.25) is 0 Å². The van der Waals surface area contributed by atoms with Crippen molar-refractivity contribution in [2.75, 3.05) is 10.6 Å². The molecule has 1 saturated carbocycles. The van der Waals surface area contributed by atoms with Crippen molar-refractivity contribution in [1.82, 2.24) is 0 Å². The average molecular weight is 393 g/mol. The molecule has 0 radical (unpaired) electrons. The highest BCUT2D eigenvalue weighted by Gasteiger charge is 2.22. The van der Waals surface area contributed by atoms with Crippen LogP contribution in [0.4, 0.5) is 16.2 Å². The highest BCUT2D eigenvalue weighted by molar-refractivity contribution is 6.30. The van der Waals surface area contributed by atoms with Gasteiger partial charge in [0.15, 0.2) is 18.4 Å². The number of hydrogen-bond donors (Lipinski definition) is 2. The predicted octanol–water partition coefficient (Wildman–Crippen LogP) is 6.05. The molecule has 5 heteroatoms. The number of nitrogens with one attached hydrogen (secondary N) is 2. The normalized spacial score (nSPS) is 14.0. The summed E-state index contributed by atoms with van der Waals surface area (Å²) in [6.45, 7) is 0. The lowest BCUT2D eigenvalue weighted by atomic mass is 10.1. The van der Waals surface area contributed by atoms with E-state index in [1.54, 1.807) is 24.3 Å². The summed E-state index contributed by atoms with van der Waals surface area (Å²) in [4.78, 5) is 12.2. The summed E-state index contributed by atoms with van der Waals surface area (Å²) >= 11 is 5.87. The van der Waals surface area contributed by atoms with Crippen molar-refractivity contribution in [3.05, 3.63) is 78.1 Å². The molecule has 2 aromatic carbocycles. The summed E-state index contributed by atoms with van der Waals surface area (Å²) in [6, 6.07) is 19.5. The SMILES string of the molecule is O=C(Nc1ccc(Cl)cc1)Nc1cccc(-c2cc[n+](C3CCCC3)cc2)c1. The van der Waals surface area contributed by atoms with E-state index in [2.05, 4.69) is 45.8 Å². The Hall–Kier alpha value is -2.85. The summed E-state index contributed by atoms with van der Waals surface area (Å²) in [5, 5.41) is 6.32. The number of anilines is 2. The lowest BCUT2D eigenvalue weighted by Gasteiger charge is -2.10. The van der Waals surface area contributed by atoms with Crippen molar-refractivity contribution in [2.45, 2.75) is 31.7 Å². The molecule has 4 nitrogen and oxygen atoms in total. The third-order valence-electron chi connectivity index (χ3n) is 5.15. The Morgan fingerprint density at radius 2 is 1.54 bits per heavy atom. The van der Waals surface area contributed by atoms with E-state index in [9.17, 15) is 4.79 Å². The third kappa shape index (κ3) is 4.52. The zero-order chi connectivity index (χ0) is 19.3. The Morgan fingerprint density at radius 1 is 0.857 bits per heavy atom. The van der Waals surface area contributed by atoms with Crippen LogP contribution in [0.15, 0.2) is 73.1 Å². The molecule has 142 valence electrons. The van der Waals surface area contributed by atoms with Crippen LogP contribution in [-0.4, -0.2) is 6.03 Å². The first kappa shape index (κ1) is 18.5. The maximum atomic E-state index is 12.2. The van der Waals surface area contributed by atoms with E-state index in [0.717, 1.165) is 16.8 Å². The topological polar surface area (TPSA) is 45.0 Å². The quantitative estimate of drug-likeness (QED) is 0.521. The van der Waals surface area contributed by atoms with Crippen molar-refractivity contribution >= 4 is 29.0 Å². The fraction of sp³-hybridized carbons (Fsp3) is 0.217. The van der Waals surface area contributed by atoms with E-state index in [1.165, 1.54) is 25.7 Å². The second-order valence-corrected chi connectivity index (χ2v) is 7.58. The first-order valence-electron chi connectivity index (χ1n) is 9.62. The molecule has 0 unspecified atom stereocenters. The third-order valence-corrected chi connectivity index (χ3v) is 5.41. The average Bonchev–Trinajstić information content (AvgIpc) is 3.25. The fourth-order valence-corrected chi connectivity index (χ4v) is 3.81. The van der Waals surface area contributed by atoms with Crippen LogP contribution in [0.2, 0.25) is 5.02 Å². The van der Waals surface area contributed by atoms with Gasteiger partial charge in [0.25, 0.3) is 0 Å². The summed E-state index contributed by atoms with van der Waals surface area (Å²) in [5.41, 5.74) is 3.65. The molecule has 4 rings (SSSR count). The van der Waals surface area contributed by atoms with Crippen LogP contribution >= 0.6 is 11.6 Å². The number of benzene rings is 2. The number of nitrogens with zero attached hydrogens (tertiary/aromatic N) is 1. The maximum Gasteiger partial charge on any atom is 0.323 e. The minimum atomic E-state index is -0.286. The van der Waals surface area contributed by atoms with Gasteiger partial charge in [0.1, 0.15) is 0 Å². The number of carbonyl (C=O) groups excluding carboxylic acids is 1. The van der Waals surface area contributed by atoms with Gasteiger partial charge in [0.05, 0.1) is 0 Å². The van der Waals surface area contributed by atoms with E-state index in [4.69, 9.17) is 11.6 Å². The number of amides is 2. The van der Waals surface area contributed by atoms with E-state index in [1.807, 2.05) is 18.2 Å². The first-order valence-corrected chi connectivity index (χ1v) is 10.00. The van der Waals surface area contributed by atoms with Gasteiger partial charge < -0.3 is 10.6 Å². The van der Waals surface area contributed by atoms with Crippen molar-refractivity contribution < 1.29 is 9.36 Å². The summed E-state index contributed by atoms with van der Waals surface area (Å²) in [6.07, 6.45) is 9.52. The Labute approximate surface area is 170 Å². The summed E-state index contributed by atoms with van der Waals surface area (Å²) < 4.78 is 2.32. The van der Waals surface area contributed by atoms with Crippen LogP contribution < -0.4 is 15.2 Å². The lowest BCUT2D eigenvalue weighted by molar-refractivity contribution is -0.721. The molecule has 1 heterocycles. The molecule has 2 N–H and O–H groups in total. The molecule has 1 fully saturated rings. The molecule has 28 heavy (non-hydrogen) atoms. The first-order chi connectivity index (χ1) is 13.7.